The third kappa shape index (κ3) is 3.04. The number of thiophene rings is 1. The van der Waals surface area contributed by atoms with Crippen LogP contribution < -0.4 is 15.8 Å². The van der Waals surface area contributed by atoms with E-state index in [4.69, 9.17) is 10.5 Å². The lowest BCUT2D eigenvalue weighted by atomic mass is 10.1. The Morgan fingerprint density at radius 1 is 1.35 bits per heavy atom. The zero-order chi connectivity index (χ0) is 19.0. The molecular formula is C17H16N4O4S. The highest BCUT2D eigenvalue weighted by Gasteiger charge is 2.20. The quantitative estimate of drug-likeness (QED) is 0.532. The number of ether oxygens (including phenoxy) is 1. The van der Waals surface area contributed by atoms with E-state index < -0.39 is 10.8 Å². The molecule has 0 aliphatic carbocycles. The molecule has 8 nitrogen and oxygen atoms in total. The number of rotatable bonds is 4. The van der Waals surface area contributed by atoms with Crippen LogP contribution in [-0.2, 0) is 0 Å². The summed E-state index contributed by atoms with van der Waals surface area (Å²) in [6.45, 7) is 3.83. The number of nitrogens with two attached hydrogens (primary N) is 1. The molecule has 0 saturated heterocycles. The Labute approximate surface area is 152 Å². The molecule has 0 bridgehead atoms. The van der Waals surface area contributed by atoms with Crippen molar-refractivity contribution in [1.29, 1.82) is 0 Å². The molecule has 2 heterocycles. The minimum Gasteiger partial charge on any atom is -0.494 e. The first-order chi connectivity index (χ1) is 12.3. The van der Waals surface area contributed by atoms with Gasteiger partial charge in [0.25, 0.3) is 11.6 Å². The number of carbonyl (C=O) groups is 1. The summed E-state index contributed by atoms with van der Waals surface area (Å²) in [5, 5.41) is 14.3. The molecule has 0 radical (unpaired) electrons. The molecule has 0 atom stereocenters. The SMILES string of the molecule is COc1cc([N+](=O)[O-])ccc1NC(=O)c1sc2nc(C)c(C)cc2c1N. The molecule has 0 aliphatic rings. The van der Waals surface area contributed by atoms with Crippen molar-refractivity contribution in [2.24, 2.45) is 0 Å². The van der Waals surface area contributed by atoms with Gasteiger partial charge in [-0.05, 0) is 31.5 Å². The lowest BCUT2D eigenvalue weighted by Crippen LogP contribution is -2.12. The van der Waals surface area contributed by atoms with Crippen LogP contribution in [-0.4, -0.2) is 22.9 Å². The summed E-state index contributed by atoms with van der Waals surface area (Å²) in [6.07, 6.45) is 0. The molecule has 134 valence electrons. The van der Waals surface area contributed by atoms with Crippen molar-refractivity contribution in [3.8, 4) is 5.75 Å². The van der Waals surface area contributed by atoms with Crippen molar-refractivity contribution in [3.05, 3.63) is 50.5 Å². The van der Waals surface area contributed by atoms with Gasteiger partial charge in [-0.15, -0.1) is 11.3 Å². The van der Waals surface area contributed by atoms with Crippen LogP contribution in [0.3, 0.4) is 0 Å². The van der Waals surface area contributed by atoms with Crippen LogP contribution in [0.4, 0.5) is 17.1 Å². The van der Waals surface area contributed by atoms with Gasteiger partial charge in [0, 0.05) is 17.1 Å². The Hall–Kier alpha value is -3.20. The highest BCUT2D eigenvalue weighted by atomic mass is 32.1. The number of nitro groups is 1. The molecule has 0 unspecified atom stereocenters. The van der Waals surface area contributed by atoms with Crippen molar-refractivity contribution in [2.75, 3.05) is 18.2 Å². The number of carbonyl (C=O) groups excluding carboxylic acids is 1. The van der Waals surface area contributed by atoms with Gasteiger partial charge in [0.15, 0.2) is 0 Å². The predicted molar refractivity (Wildman–Crippen MR) is 101 cm³/mol. The monoisotopic (exact) mass is 372 g/mol. The Bertz CT molecular complexity index is 1040. The largest absolute Gasteiger partial charge is 0.494 e. The van der Waals surface area contributed by atoms with Gasteiger partial charge in [0.1, 0.15) is 15.5 Å². The fraction of sp³-hybridized carbons (Fsp3) is 0.176. The molecule has 0 saturated carbocycles. The van der Waals surface area contributed by atoms with Gasteiger partial charge in [-0.25, -0.2) is 4.98 Å². The number of aryl methyl sites for hydroxylation is 2. The second-order valence-electron chi connectivity index (χ2n) is 5.68. The Balaban J connectivity index is 1.97. The minimum absolute atomic E-state index is 0.128. The van der Waals surface area contributed by atoms with Crippen LogP contribution >= 0.6 is 11.3 Å². The third-order valence-corrected chi connectivity index (χ3v) is 5.13. The summed E-state index contributed by atoms with van der Waals surface area (Å²) >= 11 is 1.20. The molecule has 1 aromatic carbocycles. The van der Waals surface area contributed by atoms with E-state index >= 15 is 0 Å². The highest BCUT2D eigenvalue weighted by molar-refractivity contribution is 7.21. The third-order valence-electron chi connectivity index (χ3n) is 4.02. The van der Waals surface area contributed by atoms with Crippen LogP contribution in [0.15, 0.2) is 24.3 Å². The topological polar surface area (TPSA) is 120 Å². The number of benzene rings is 1. The second kappa shape index (κ2) is 6.60. The molecule has 0 aliphatic heterocycles. The van der Waals surface area contributed by atoms with E-state index in [9.17, 15) is 14.9 Å². The van der Waals surface area contributed by atoms with E-state index in [1.165, 1.54) is 36.6 Å². The molecule has 1 amide bonds. The number of amides is 1. The summed E-state index contributed by atoms with van der Waals surface area (Å²) in [5.41, 5.74) is 8.56. The fourth-order valence-corrected chi connectivity index (χ4v) is 3.49. The molecular weight excluding hydrogens is 356 g/mol. The van der Waals surface area contributed by atoms with E-state index in [1.54, 1.807) is 0 Å². The number of nitrogen functional groups attached to an aromatic ring is 1. The molecule has 26 heavy (non-hydrogen) atoms. The Morgan fingerprint density at radius 3 is 2.73 bits per heavy atom. The zero-order valence-corrected chi connectivity index (χ0v) is 15.1. The highest BCUT2D eigenvalue weighted by Crippen LogP contribution is 2.35. The van der Waals surface area contributed by atoms with E-state index in [-0.39, 0.29) is 11.4 Å². The number of anilines is 2. The molecule has 2 aromatic heterocycles. The zero-order valence-electron chi connectivity index (χ0n) is 14.3. The van der Waals surface area contributed by atoms with Crippen LogP contribution in [0.5, 0.6) is 5.75 Å². The maximum Gasteiger partial charge on any atom is 0.273 e. The van der Waals surface area contributed by atoms with Crippen molar-refractivity contribution < 1.29 is 14.5 Å². The number of nitro benzene ring substituents is 1. The lowest BCUT2D eigenvalue weighted by molar-refractivity contribution is -0.384. The standard InChI is InChI=1S/C17H16N4O4S/c1-8-6-11-14(18)15(26-17(11)19-9(8)2)16(22)20-12-5-4-10(21(23)24)7-13(12)25-3/h4-7H,18H2,1-3H3,(H,20,22). The average molecular weight is 372 g/mol. The first-order valence-corrected chi connectivity index (χ1v) is 8.43. The van der Waals surface area contributed by atoms with E-state index in [0.717, 1.165) is 16.6 Å². The van der Waals surface area contributed by atoms with Crippen LogP contribution in [0.1, 0.15) is 20.9 Å². The number of hydrogen-bond acceptors (Lipinski definition) is 7. The van der Waals surface area contributed by atoms with Gasteiger partial charge in [0.05, 0.1) is 29.5 Å². The second-order valence-corrected chi connectivity index (χ2v) is 6.68. The number of aromatic nitrogens is 1. The van der Waals surface area contributed by atoms with Crippen LogP contribution in [0, 0.1) is 24.0 Å². The molecule has 0 spiro atoms. The van der Waals surface area contributed by atoms with Gasteiger partial charge in [-0.2, -0.15) is 0 Å². The van der Waals surface area contributed by atoms with Gasteiger partial charge in [-0.1, -0.05) is 0 Å². The number of methoxy groups -OCH3 is 1. The van der Waals surface area contributed by atoms with Crippen LogP contribution in [0.25, 0.3) is 10.2 Å². The van der Waals surface area contributed by atoms with Crippen molar-refractivity contribution in [2.45, 2.75) is 13.8 Å². The number of nitrogens with one attached hydrogen (secondary N) is 1. The smallest absolute Gasteiger partial charge is 0.273 e. The maximum absolute atomic E-state index is 12.7. The van der Waals surface area contributed by atoms with E-state index in [0.29, 0.717) is 21.1 Å². The predicted octanol–water partition coefficient (Wildman–Crippen LogP) is 3.66. The van der Waals surface area contributed by atoms with Gasteiger partial charge < -0.3 is 15.8 Å². The molecule has 3 N–H and O–H groups in total. The minimum atomic E-state index is -0.533. The first kappa shape index (κ1) is 17.6. The summed E-state index contributed by atoms with van der Waals surface area (Å²) in [5.74, 6) is -0.231. The summed E-state index contributed by atoms with van der Waals surface area (Å²) in [7, 11) is 1.37. The Morgan fingerprint density at radius 2 is 2.08 bits per heavy atom. The van der Waals surface area contributed by atoms with E-state index in [1.807, 2.05) is 19.9 Å². The van der Waals surface area contributed by atoms with Crippen molar-refractivity contribution in [3.63, 3.8) is 0 Å². The van der Waals surface area contributed by atoms with E-state index in [2.05, 4.69) is 10.3 Å². The van der Waals surface area contributed by atoms with Crippen molar-refractivity contribution in [1.82, 2.24) is 4.98 Å². The molecule has 9 heteroatoms. The Kier molecular flexibility index (Phi) is 4.47. The van der Waals surface area contributed by atoms with Gasteiger partial charge in [0.2, 0.25) is 0 Å². The van der Waals surface area contributed by atoms with Gasteiger partial charge >= 0.3 is 0 Å². The number of hydrogen-bond donors (Lipinski definition) is 2. The van der Waals surface area contributed by atoms with Crippen LogP contribution in [0.2, 0.25) is 0 Å². The average Bonchev–Trinajstić information content (AvgIpc) is 2.91. The molecule has 0 fully saturated rings. The maximum atomic E-state index is 12.7. The summed E-state index contributed by atoms with van der Waals surface area (Å²) in [4.78, 5) is 28.5. The number of nitrogens with zero attached hydrogens (tertiary/aromatic N) is 2. The number of fused-ring (bicyclic) bond motifs is 1. The molecule has 3 aromatic rings. The number of non-ortho nitro benzene ring substituents is 1. The fourth-order valence-electron chi connectivity index (χ4n) is 2.47. The summed E-state index contributed by atoms with van der Waals surface area (Å²) in [6, 6.07) is 5.87. The van der Waals surface area contributed by atoms with Crippen molar-refractivity contribution >= 4 is 44.5 Å². The lowest BCUT2D eigenvalue weighted by Gasteiger charge is -2.09. The van der Waals surface area contributed by atoms with Gasteiger partial charge in [-0.3, -0.25) is 14.9 Å². The first-order valence-electron chi connectivity index (χ1n) is 7.61. The normalized spacial score (nSPS) is 10.7. The number of pyridine rings is 1. The summed E-state index contributed by atoms with van der Waals surface area (Å²) < 4.78 is 5.13. The molecule has 3 rings (SSSR count).